The molecule has 0 amide bonds. The first-order valence-electron chi connectivity index (χ1n) is 5.89. The molecule has 1 aliphatic carbocycles. The van der Waals surface area contributed by atoms with E-state index >= 15 is 0 Å². The number of nitrogens with two attached hydrogens (primary N) is 1. The first-order valence-corrected chi connectivity index (χ1v) is 5.89. The molecule has 1 fully saturated rings. The van der Waals surface area contributed by atoms with E-state index in [1.807, 2.05) is 19.2 Å². The molecule has 1 heterocycles. The zero-order valence-electron chi connectivity index (χ0n) is 9.65. The number of nitrogens with zero attached hydrogens (tertiary/aromatic N) is 1. The van der Waals surface area contributed by atoms with Gasteiger partial charge in [-0.05, 0) is 37.3 Å². The smallest absolute Gasteiger partial charge is 0.137 e. The van der Waals surface area contributed by atoms with Gasteiger partial charge in [-0.1, -0.05) is 6.42 Å². The van der Waals surface area contributed by atoms with Crippen LogP contribution >= 0.6 is 0 Å². The van der Waals surface area contributed by atoms with Gasteiger partial charge in [0.1, 0.15) is 5.75 Å². The molecular formula is C12H19N3O. The van der Waals surface area contributed by atoms with Crippen molar-refractivity contribution < 1.29 is 4.74 Å². The summed E-state index contributed by atoms with van der Waals surface area (Å²) in [5, 5.41) is 0. The van der Waals surface area contributed by atoms with Gasteiger partial charge in [0.05, 0.1) is 18.8 Å². The highest BCUT2D eigenvalue weighted by Gasteiger charge is 2.28. The summed E-state index contributed by atoms with van der Waals surface area (Å²) in [6.07, 6.45) is 7.40. The van der Waals surface area contributed by atoms with Crippen LogP contribution in [0, 0.1) is 5.92 Å². The van der Waals surface area contributed by atoms with Crippen molar-refractivity contribution in [2.75, 3.05) is 6.61 Å². The largest absolute Gasteiger partial charge is 0.492 e. The lowest BCUT2D eigenvalue weighted by atomic mass is 9.78. The normalized spacial score (nSPS) is 17.9. The van der Waals surface area contributed by atoms with Crippen LogP contribution in [-0.4, -0.2) is 11.6 Å². The van der Waals surface area contributed by atoms with Gasteiger partial charge in [-0.25, -0.2) is 0 Å². The Labute approximate surface area is 96.2 Å². The van der Waals surface area contributed by atoms with E-state index in [1.54, 1.807) is 6.20 Å². The Bertz CT molecular complexity index is 339. The third-order valence-electron chi connectivity index (χ3n) is 3.21. The second kappa shape index (κ2) is 5.27. The monoisotopic (exact) mass is 221 g/mol. The number of pyridine rings is 1. The van der Waals surface area contributed by atoms with E-state index in [-0.39, 0.29) is 6.04 Å². The summed E-state index contributed by atoms with van der Waals surface area (Å²) in [7, 11) is 0. The van der Waals surface area contributed by atoms with Gasteiger partial charge in [-0.3, -0.25) is 16.3 Å². The van der Waals surface area contributed by atoms with Crippen LogP contribution in [0.4, 0.5) is 0 Å². The van der Waals surface area contributed by atoms with Gasteiger partial charge in [0.25, 0.3) is 0 Å². The quantitative estimate of drug-likeness (QED) is 0.588. The number of hydrogen-bond acceptors (Lipinski definition) is 4. The van der Waals surface area contributed by atoms with Gasteiger partial charge in [0.15, 0.2) is 0 Å². The van der Waals surface area contributed by atoms with E-state index in [0.717, 1.165) is 11.3 Å². The van der Waals surface area contributed by atoms with Crippen molar-refractivity contribution in [2.24, 2.45) is 11.8 Å². The average molecular weight is 221 g/mol. The molecule has 0 saturated heterocycles. The lowest BCUT2D eigenvalue weighted by Crippen LogP contribution is -2.36. The van der Waals surface area contributed by atoms with E-state index in [9.17, 15) is 0 Å². The van der Waals surface area contributed by atoms with Gasteiger partial charge in [0, 0.05) is 6.20 Å². The van der Waals surface area contributed by atoms with Gasteiger partial charge in [0.2, 0.25) is 0 Å². The maximum atomic E-state index is 5.62. The van der Waals surface area contributed by atoms with Crippen LogP contribution < -0.4 is 16.0 Å². The van der Waals surface area contributed by atoms with Crippen molar-refractivity contribution in [2.45, 2.75) is 32.2 Å². The Morgan fingerprint density at radius 3 is 2.94 bits per heavy atom. The lowest BCUT2D eigenvalue weighted by Gasteiger charge is -2.33. The topological polar surface area (TPSA) is 60.2 Å². The van der Waals surface area contributed by atoms with E-state index in [1.165, 1.54) is 19.3 Å². The predicted octanol–water partition coefficient (Wildman–Crippen LogP) is 1.78. The number of hydrogen-bond donors (Lipinski definition) is 2. The summed E-state index contributed by atoms with van der Waals surface area (Å²) in [6.45, 7) is 2.63. The minimum Gasteiger partial charge on any atom is -0.492 e. The molecule has 2 rings (SSSR count). The van der Waals surface area contributed by atoms with E-state index < -0.39 is 0 Å². The first-order chi connectivity index (χ1) is 7.85. The average Bonchev–Trinajstić information content (AvgIpc) is 2.24. The fourth-order valence-corrected chi connectivity index (χ4v) is 2.13. The van der Waals surface area contributed by atoms with Gasteiger partial charge in [-0.2, -0.15) is 0 Å². The zero-order valence-corrected chi connectivity index (χ0v) is 9.65. The van der Waals surface area contributed by atoms with Crippen molar-refractivity contribution in [1.82, 2.24) is 10.4 Å². The molecular weight excluding hydrogens is 202 g/mol. The van der Waals surface area contributed by atoms with E-state index in [0.29, 0.717) is 12.5 Å². The molecule has 1 unspecified atom stereocenters. The molecule has 4 heteroatoms. The summed E-state index contributed by atoms with van der Waals surface area (Å²) >= 11 is 0. The summed E-state index contributed by atoms with van der Waals surface area (Å²) in [4.78, 5) is 4.19. The fraction of sp³-hybridized carbons (Fsp3) is 0.583. The highest BCUT2D eigenvalue weighted by atomic mass is 16.5. The summed E-state index contributed by atoms with van der Waals surface area (Å²) < 4.78 is 5.44. The highest BCUT2D eigenvalue weighted by molar-refractivity contribution is 5.26. The Morgan fingerprint density at radius 1 is 1.56 bits per heavy atom. The third-order valence-corrected chi connectivity index (χ3v) is 3.21. The molecule has 1 aromatic rings. The second-order valence-electron chi connectivity index (χ2n) is 4.22. The number of ether oxygens (including phenoxy) is 1. The number of aromatic nitrogens is 1. The number of rotatable bonds is 5. The van der Waals surface area contributed by atoms with E-state index in [4.69, 9.17) is 10.6 Å². The maximum absolute atomic E-state index is 5.62. The molecule has 3 N–H and O–H groups in total. The van der Waals surface area contributed by atoms with Crippen molar-refractivity contribution in [3.8, 4) is 5.75 Å². The molecule has 0 aromatic carbocycles. The van der Waals surface area contributed by atoms with Crippen LogP contribution in [0.3, 0.4) is 0 Å². The SMILES string of the molecule is CCOc1cncc(C(NN)C2CCC2)c1. The van der Waals surface area contributed by atoms with Crippen LogP contribution in [0.5, 0.6) is 5.75 Å². The lowest BCUT2D eigenvalue weighted by molar-refractivity contribution is 0.231. The summed E-state index contributed by atoms with van der Waals surface area (Å²) in [5.74, 6) is 7.08. The second-order valence-corrected chi connectivity index (χ2v) is 4.22. The Hall–Kier alpha value is -1.13. The molecule has 4 nitrogen and oxygen atoms in total. The molecule has 16 heavy (non-hydrogen) atoms. The van der Waals surface area contributed by atoms with Gasteiger partial charge < -0.3 is 4.74 Å². The summed E-state index contributed by atoms with van der Waals surface area (Å²) in [5.41, 5.74) is 4.02. The molecule has 0 aliphatic heterocycles. The van der Waals surface area contributed by atoms with Crippen LogP contribution in [0.25, 0.3) is 0 Å². The molecule has 1 aliphatic rings. The minimum absolute atomic E-state index is 0.210. The van der Waals surface area contributed by atoms with Gasteiger partial charge >= 0.3 is 0 Å². The van der Waals surface area contributed by atoms with E-state index in [2.05, 4.69) is 10.4 Å². The molecule has 0 radical (unpaired) electrons. The number of nitrogens with one attached hydrogen (secondary N) is 1. The molecule has 1 atom stereocenters. The molecule has 0 spiro atoms. The van der Waals surface area contributed by atoms with Crippen LogP contribution in [0.1, 0.15) is 37.8 Å². The zero-order chi connectivity index (χ0) is 11.4. The number of hydrazine groups is 1. The Kier molecular flexibility index (Phi) is 3.74. The fourth-order valence-electron chi connectivity index (χ4n) is 2.13. The minimum atomic E-state index is 0.210. The molecule has 1 saturated carbocycles. The summed E-state index contributed by atoms with van der Waals surface area (Å²) in [6, 6.07) is 2.24. The van der Waals surface area contributed by atoms with Crippen LogP contribution in [0.15, 0.2) is 18.5 Å². The maximum Gasteiger partial charge on any atom is 0.137 e. The van der Waals surface area contributed by atoms with Crippen LogP contribution in [0.2, 0.25) is 0 Å². The van der Waals surface area contributed by atoms with Crippen molar-refractivity contribution in [3.63, 3.8) is 0 Å². The van der Waals surface area contributed by atoms with Crippen molar-refractivity contribution >= 4 is 0 Å². The third kappa shape index (κ3) is 2.33. The molecule has 88 valence electrons. The first kappa shape index (κ1) is 11.4. The Morgan fingerprint density at radius 2 is 2.38 bits per heavy atom. The molecule has 0 bridgehead atoms. The standard InChI is InChI=1S/C12H19N3O/c1-2-16-11-6-10(7-14-8-11)12(15-13)9-4-3-5-9/h6-9,12,15H,2-5,13H2,1H3. The van der Waals surface area contributed by atoms with Gasteiger partial charge in [-0.15, -0.1) is 0 Å². The predicted molar refractivity (Wildman–Crippen MR) is 62.8 cm³/mol. The van der Waals surface area contributed by atoms with Crippen molar-refractivity contribution in [1.29, 1.82) is 0 Å². The highest BCUT2D eigenvalue weighted by Crippen LogP contribution is 2.37. The van der Waals surface area contributed by atoms with Crippen molar-refractivity contribution in [3.05, 3.63) is 24.0 Å². The Balaban J connectivity index is 2.13. The van der Waals surface area contributed by atoms with Crippen LogP contribution in [-0.2, 0) is 0 Å². The molecule has 1 aromatic heterocycles.